The molecule has 2 rings (SSSR count). The molecule has 0 atom stereocenters. The summed E-state index contributed by atoms with van der Waals surface area (Å²) in [7, 11) is 1.26. The molecule has 7 heteroatoms. The maximum atomic E-state index is 13.8. The molecule has 1 aliphatic rings. The normalized spacial score (nSPS) is 17.2. The van der Waals surface area contributed by atoms with Gasteiger partial charge in [-0.05, 0) is 18.2 Å². The van der Waals surface area contributed by atoms with Crippen molar-refractivity contribution in [2.75, 3.05) is 31.2 Å². The summed E-state index contributed by atoms with van der Waals surface area (Å²) in [5, 5.41) is 0. The molecule has 1 aliphatic heterocycles. The van der Waals surface area contributed by atoms with Crippen LogP contribution in [0.15, 0.2) is 23.1 Å². The molecule has 4 nitrogen and oxygen atoms in total. The van der Waals surface area contributed by atoms with Gasteiger partial charge in [0.05, 0.1) is 23.8 Å². The largest absolute Gasteiger partial charge is 0.378 e. The number of anilines is 1. The molecule has 0 saturated carbocycles. The highest BCUT2D eigenvalue weighted by atomic mass is 35.7. The monoisotopic (exact) mass is 279 g/mol. The zero-order chi connectivity index (χ0) is 12.5. The first-order chi connectivity index (χ1) is 7.98. The molecule has 17 heavy (non-hydrogen) atoms. The fraction of sp³-hybridized carbons (Fsp3) is 0.400. The third kappa shape index (κ3) is 2.88. The van der Waals surface area contributed by atoms with Crippen LogP contribution in [-0.2, 0) is 13.8 Å². The van der Waals surface area contributed by atoms with E-state index in [1.54, 1.807) is 0 Å². The molecule has 0 bridgehead atoms. The minimum atomic E-state index is -3.88. The SMILES string of the molecule is O=S(=O)(Cl)c1ccc(N2CCOCC2)c(F)c1. The Labute approximate surface area is 103 Å². The number of hydrogen-bond acceptors (Lipinski definition) is 4. The number of nitrogens with zero attached hydrogens (tertiary/aromatic N) is 1. The van der Waals surface area contributed by atoms with Crippen molar-refractivity contribution in [2.45, 2.75) is 4.90 Å². The molecule has 0 unspecified atom stereocenters. The van der Waals surface area contributed by atoms with Crippen molar-refractivity contribution in [3.63, 3.8) is 0 Å². The molecule has 0 N–H and O–H groups in total. The van der Waals surface area contributed by atoms with Crippen molar-refractivity contribution in [1.29, 1.82) is 0 Å². The zero-order valence-corrected chi connectivity index (χ0v) is 10.5. The Morgan fingerprint density at radius 2 is 1.94 bits per heavy atom. The summed E-state index contributed by atoms with van der Waals surface area (Å²) in [6.07, 6.45) is 0. The molecule has 0 aromatic heterocycles. The van der Waals surface area contributed by atoms with Gasteiger partial charge in [0.2, 0.25) is 0 Å². The summed E-state index contributed by atoms with van der Waals surface area (Å²) >= 11 is 0. The van der Waals surface area contributed by atoms with Crippen molar-refractivity contribution in [3.8, 4) is 0 Å². The Balaban J connectivity index is 2.31. The lowest BCUT2D eigenvalue weighted by molar-refractivity contribution is 0.122. The van der Waals surface area contributed by atoms with Crippen LogP contribution in [0.4, 0.5) is 10.1 Å². The van der Waals surface area contributed by atoms with E-state index in [-0.39, 0.29) is 4.90 Å². The molecule has 0 amide bonds. The second-order valence-corrected chi connectivity index (χ2v) is 6.22. The topological polar surface area (TPSA) is 46.6 Å². The summed E-state index contributed by atoms with van der Waals surface area (Å²) in [5.74, 6) is -0.589. The van der Waals surface area contributed by atoms with E-state index in [4.69, 9.17) is 15.4 Å². The molecule has 0 radical (unpaired) electrons. The van der Waals surface area contributed by atoms with Gasteiger partial charge >= 0.3 is 0 Å². The maximum absolute atomic E-state index is 13.8. The Hall–Kier alpha value is -0.850. The van der Waals surface area contributed by atoms with Gasteiger partial charge in [-0.3, -0.25) is 0 Å². The fourth-order valence-electron chi connectivity index (χ4n) is 1.70. The Morgan fingerprint density at radius 1 is 1.29 bits per heavy atom. The Kier molecular flexibility index (Phi) is 3.56. The molecule has 1 fully saturated rings. The lowest BCUT2D eigenvalue weighted by atomic mass is 10.2. The average molecular weight is 280 g/mol. The minimum absolute atomic E-state index is 0.228. The summed E-state index contributed by atoms with van der Waals surface area (Å²) in [6.45, 7) is 2.25. The van der Waals surface area contributed by atoms with Crippen molar-refractivity contribution in [3.05, 3.63) is 24.0 Å². The number of morpholine rings is 1. The first-order valence-corrected chi connectivity index (χ1v) is 7.36. The van der Waals surface area contributed by atoms with Gasteiger partial charge in [0.25, 0.3) is 9.05 Å². The second kappa shape index (κ2) is 4.80. The van der Waals surface area contributed by atoms with Crippen LogP contribution in [0, 0.1) is 5.82 Å². The van der Waals surface area contributed by atoms with Crippen LogP contribution < -0.4 is 4.90 Å². The van der Waals surface area contributed by atoms with Crippen LogP contribution in [0.5, 0.6) is 0 Å². The van der Waals surface area contributed by atoms with Crippen molar-refractivity contribution >= 4 is 25.4 Å². The van der Waals surface area contributed by atoms with Gasteiger partial charge in [0.1, 0.15) is 5.82 Å². The van der Waals surface area contributed by atoms with E-state index in [1.165, 1.54) is 12.1 Å². The van der Waals surface area contributed by atoms with Gasteiger partial charge in [-0.1, -0.05) is 0 Å². The van der Waals surface area contributed by atoms with Gasteiger partial charge in [-0.2, -0.15) is 0 Å². The molecular formula is C10H11ClFNO3S. The Bertz CT molecular complexity index is 514. The highest BCUT2D eigenvalue weighted by molar-refractivity contribution is 8.13. The zero-order valence-electron chi connectivity index (χ0n) is 8.90. The van der Waals surface area contributed by atoms with Crippen LogP contribution in [0.25, 0.3) is 0 Å². The number of ether oxygens (including phenoxy) is 1. The van der Waals surface area contributed by atoms with Gasteiger partial charge in [-0.25, -0.2) is 12.8 Å². The molecule has 1 heterocycles. The number of halogens is 2. The second-order valence-electron chi connectivity index (χ2n) is 3.65. The molecule has 1 saturated heterocycles. The van der Waals surface area contributed by atoms with Crippen LogP contribution in [0.3, 0.4) is 0 Å². The van der Waals surface area contributed by atoms with Crippen molar-refractivity contribution < 1.29 is 17.5 Å². The van der Waals surface area contributed by atoms with Crippen molar-refractivity contribution in [1.82, 2.24) is 0 Å². The van der Waals surface area contributed by atoms with E-state index in [9.17, 15) is 12.8 Å². The first-order valence-electron chi connectivity index (χ1n) is 5.05. The van der Waals surface area contributed by atoms with Gasteiger partial charge < -0.3 is 9.64 Å². The summed E-state index contributed by atoms with van der Waals surface area (Å²) < 4.78 is 41.0. The van der Waals surface area contributed by atoms with E-state index in [0.29, 0.717) is 32.0 Å². The summed E-state index contributed by atoms with van der Waals surface area (Å²) in [5.41, 5.74) is 0.373. The number of benzene rings is 1. The predicted octanol–water partition coefficient (Wildman–Crippen LogP) is 1.59. The van der Waals surface area contributed by atoms with E-state index in [2.05, 4.69) is 0 Å². The minimum Gasteiger partial charge on any atom is -0.378 e. The third-order valence-corrected chi connectivity index (χ3v) is 3.90. The quantitative estimate of drug-likeness (QED) is 0.772. The van der Waals surface area contributed by atoms with E-state index >= 15 is 0 Å². The van der Waals surface area contributed by atoms with Crippen LogP contribution in [0.1, 0.15) is 0 Å². The Morgan fingerprint density at radius 3 is 2.47 bits per heavy atom. The molecule has 1 aromatic carbocycles. The summed E-state index contributed by atoms with van der Waals surface area (Å²) in [4.78, 5) is 1.58. The third-order valence-electron chi connectivity index (χ3n) is 2.55. The van der Waals surface area contributed by atoms with Gasteiger partial charge in [-0.15, -0.1) is 0 Å². The predicted molar refractivity (Wildman–Crippen MR) is 62.5 cm³/mol. The molecule has 0 spiro atoms. The molecule has 1 aromatic rings. The molecule has 94 valence electrons. The number of rotatable bonds is 2. The standard InChI is InChI=1S/C10H11ClFNO3S/c11-17(14,15)8-1-2-10(9(12)7-8)13-3-5-16-6-4-13/h1-2,7H,3-6H2. The van der Waals surface area contributed by atoms with Crippen LogP contribution >= 0.6 is 10.7 Å². The van der Waals surface area contributed by atoms with E-state index in [0.717, 1.165) is 6.07 Å². The van der Waals surface area contributed by atoms with Crippen LogP contribution in [-0.4, -0.2) is 34.7 Å². The average Bonchev–Trinajstić information content (AvgIpc) is 2.29. The lowest BCUT2D eigenvalue weighted by Gasteiger charge is -2.29. The smallest absolute Gasteiger partial charge is 0.261 e. The van der Waals surface area contributed by atoms with E-state index < -0.39 is 14.9 Å². The molecule has 0 aliphatic carbocycles. The molecular weight excluding hydrogens is 269 g/mol. The van der Waals surface area contributed by atoms with Crippen LogP contribution in [0.2, 0.25) is 0 Å². The van der Waals surface area contributed by atoms with Gasteiger partial charge in [0, 0.05) is 23.8 Å². The first kappa shape index (κ1) is 12.6. The number of hydrogen-bond donors (Lipinski definition) is 0. The maximum Gasteiger partial charge on any atom is 0.261 e. The highest BCUT2D eigenvalue weighted by Crippen LogP contribution is 2.25. The van der Waals surface area contributed by atoms with Crippen molar-refractivity contribution in [2.24, 2.45) is 0 Å². The highest BCUT2D eigenvalue weighted by Gasteiger charge is 2.18. The van der Waals surface area contributed by atoms with E-state index in [1.807, 2.05) is 4.90 Å². The lowest BCUT2D eigenvalue weighted by Crippen LogP contribution is -2.36. The van der Waals surface area contributed by atoms with Gasteiger partial charge in [0.15, 0.2) is 0 Å². The summed E-state index contributed by atoms with van der Waals surface area (Å²) in [6, 6.07) is 3.67. The fourth-order valence-corrected chi connectivity index (χ4v) is 2.46.